The molecule has 0 rings (SSSR count). The highest BCUT2D eigenvalue weighted by molar-refractivity contribution is 5.66. The molecular weight excluding hydrogens is 681 g/mol. The molecular formula is C54H108O2. The molecule has 0 aromatic heterocycles. The SMILES string of the molecule is CCCCCCCCCCCCCCCCCCCCCCCCCCCCCCCCCCCCCCCCCCCCCCCCCCCCCC(=O)O. The van der Waals surface area contributed by atoms with Crippen LogP contribution in [-0.4, -0.2) is 11.1 Å². The van der Waals surface area contributed by atoms with Gasteiger partial charge in [-0.15, -0.1) is 0 Å². The zero-order valence-electron chi connectivity index (χ0n) is 39.1. The van der Waals surface area contributed by atoms with Gasteiger partial charge in [-0.25, -0.2) is 0 Å². The van der Waals surface area contributed by atoms with Gasteiger partial charge >= 0.3 is 5.97 Å². The molecule has 0 spiro atoms. The normalized spacial score (nSPS) is 11.6. The number of carboxylic acids is 1. The lowest BCUT2D eigenvalue weighted by molar-refractivity contribution is -0.137. The first-order valence-electron chi connectivity index (χ1n) is 27.0. The molecule has 2 nitrogen and oxygen atoms in total. The van der Waals surface area contributed by atoms with E-state index in [1.54, 1.807) is 0 Å². The quantitative estimate of drug-likeness (QED) is 0.0623. The molecule has 0 saturated carbocycles. The Morgan fingerprint density at radius 2 is 0.321 bits per heavy atom. The van der Waals surface area contributed by atoms with Gasteiger partial charge in [0.1, 0.15) is 0 Å². The minimum Gasteiger partial charge on any atom is -0.481 e. The number of hydrogen-bond acceptors (Lipinski definition) is 1. The average molecular weight is 789 g/mol. The summed E-state index contributed by atoms with van der Waals surface area (Å²) in [6.07, 6.45) is 73.8. The number of hydrogen-bond donors (Lipinski definition) is 1. The predicted octanol–water partition coefficient (Wildman–Crippen LogP) is 20.4. The van der Waals surface area contributed by atoms with Crippen LogP contribution < -0.4 is 0 Å². The predicted molar refractivity (Wildman–Crippen MR) is 253 cm³/mol. The molecule has 0 aromatic rings. The van der Waals surface area contributed by atoms with Gasteiger partial charge in [0.25, 0.3) is 0 Å². The van der Waals surface area contributed by atoms with Gasteiger partial charge in [-0.1, -0.05) is 328 Å². The van der Waals surface area contributed by atoms with Crippen molar-refractivity contribution in [1.82, 2.24) is 0 Å². The van der Waals surface area contributed by atoms with Crippen LogP contribution in [-0.2, 0) is 4.79 Å². The summed E-state index contributed by atoms with van der Waals surface area (Å²) in [5, 5.41) is 8.67. The maximum atomic E-state index is 10.5. The molecule has 0 aliphatic heterocycles. The monoisotopic (exact) mass is 789 g/mol. The molecule has 0 bridgehead atoms. The van der Waals surface area contributed by atoms with Crippen molar-refractivity contribution in [2.24, 2.45) is 0 Å². The first kappa shape index (κ1) is 55.5. The minimum absolute atomic E-state index is 0.347. The summed E-state index contributed by atoms with van der Waals surface area (Å²) in [6.45, 7) is 2.31. The van der Waals surface area contributed by atoms with Crippen LogP contribution in [0.15, 0.2) is 0 Å². The summed E-state index contributed by atoms with van der Waals surface area (Å²) in [5.41, 5.74) is 0. The van der Waals surface area contributed by atoms with Gasteiger partial charge < -0.3 is 5.11 Å². The zero-order chi connectivity index (χ0) is 40.3. The second-order valence-corrected chi connectivity index (χ2v) is 18.8. The molecule has 0 saturated heterocycles. The van der Waals surface area contributed by atoms with Crippen molar-refractivity contribution in [3.05, 3.63) is 0 Å². The topological polar surface area (TPSA) is 37.3 Å². The van der Waals surface area contributed by atoms with E-state index >= 15 is 0 Å². The van der Waals surface area contributed by atoms with Gasteiger partial charge in [0.15, 0.2) is 0 Å². The van der Waals surface area contributed by atoms with Crippen LogP contribution in [0.5, 0.6) is 0 Å². The Balaban J connectivity index is 3.06. The Kier molecular flexibility index (Phi) is 52.0. The molecule has 56 heavy (non-hydrogen) atoms. The Labute approximate surface area is 355 Å². The van der Waals surface area contributed by atoms with Crippen molar-refractivity contribution in [2.75, 3.05) is 0 Å². The number of aliphatic carboxylic acids is 1. The molecule has 0 aliphatic carbocycles. The van der Waals surface area contributed by atoms with Crippen molar-refractivity contribution < 1.29 is 9.90 Å². The first-order valence-corrected chi connectivity index (χ1v) is 27.0. The zero-order valence-corrected chi connectivity index (χ0v) is 39.1. The molecule has 2 heteroatoms. The van der Waals surface area contributed by atoms with E-state index in [-0.39, 0.29) is 0 Å². The van der Waals surface area contributed by atoms with E-state index in [4.69, 9.17) is 5.11 Å². The van der Waals surface area contributed by atoms with Crippen LogP contribution in [0.2, 0.25) is 0 Å². The van der Waals surface area contributed by atoms with Gasteiger partial charge in [-0.05, 0) is 6.42 Å². The first-order chi connectivity index (χ1) is 27.8. The maximum Gasteiger partial charge on any atom is 0.303 e. The highest BCUT2D eigenvalue weighted by Gasteiger charge is 2.00. The molecule has 0 radical (unpaired) electrons. The number of carbonyl (C=O) groups is 1. The average Bonchev–Trinajstić information content (AvgIpc) is 3.20. The molecule has 0 aliphatic rings. The van der Waals surface area contributed by atoms with E-state index in [9.17, 15) is 4.79 Å². The van der Waals surface area contributed by atoms with Crippen LogP contribution in [0.25, 0.3) is 0 Å². The smallest absolute Gasteiger partial charge is 0.303 e. The van der Waals surface area contributed by atoms with E-state index in [0.29, 0.717) is 6.42 Å². The lowest BCUT2D eigenvalue weighted by atomic mass is 10.0. The van der Waals surface area contributed by atoms with Crippen molar-refractivity contribution in [3.8, 4) is 0 Å². The fourth-order valence-electron chi connectivity index (χ4n) is 9.01. The summed E-state index contributed by atoms with van der Waals surface area (Å²) < 4.78 is 0. The largest absolute Gasteiger partial charge is 0.481 e. The van der Waals surface area contributed by atoms with Crippen molar-refractivity contribution >= 4 is 5.97 Å². The van der Waals surface area contributed by atoms with Crippen LogP contribution in [0, 0.1) is 0 Å². The molecule has 1 N–H and O–H groups in total. The third-order valence-electron chi connectivity index (χ3n) is 13.0. The number of rotatable bonds is 52. The lowest BCUT2D eigenvalue weighted by Crippen LogP contribution is -1.93. The molecule has 336 valence electrons. The third-order valence-corrected chi connectivity index (χ3v) is 13.0. The fourth-order valence-corrected chi connectivity index (χ4v) is 9.01. The summed E-state index contributed by atoms with van der Waals surface area (Å²) in [5.74, 6) is -0.646. The van der Waals surface area contributed by atoms with Crippen molar-refractivity contribution in [3.63, 3.8) is 0 Å². The fraction of sp³-hybridized carbons (Fsp3) is 0.981. The minimum atomic E-state index is -0.646. The van der Waals surface area contributed by atoms with Gasteiger partial charge in [0.05, 0.1) is 0 Å². The molecule has 0 heterocycles. The molecule has 0 aromatic carbocycles. The second-order valence-electron chi connectivity index (χ2n) is 18.8. The van der Waals surface area contributed by atoms with Crippen LogP contribution in [0.3, 0.4) is 0 Å². The van der Waals surface area contributed by atoms with Gasteiger partial charge in [-0.2, -0.15) is 0 Å². The second kappa shape index (κ2) is 52.5. The Morgan fingerprint density at radius 1 is 0.214 bits per heavy atom. The summed E-state index contributed by atoms with van der Waals surface area (Å²) in [4.78, 5) is 10.5. The van der Waals surface area contributed by atoms with Gasteiger partial charge in [0, 0.05) is 6.42 Å². The van der Waals surface area contributed by atoms with Crippen molar-refractivity contribution in [2.45, 2.75) is 341 Å². The van der Waals surface area contributed by atoms with E-state index in [1.165, 1.54) is 315 Å². The van der Waals surface area contributed by atoms with Crippen molar-refractivity contribution in [1.29, 1.82) is 0 Å². The van der Waals surface area contributed by atoms with Crippen LogP contribution in [0.1, 0.15) is 341 Å². The highest BCUT2D eigenvalue weighted by atomic mass is 16.4. The summed E-state index contributed by atoms with van der Waals surface area (Å²) in [6, 6.07) is 0. The number of unbranched alkanes of at least 4 members (excludes halogenated alkanes) is 50. The Morgan fingerprint density at radius 3 is 0.429 bits per heavy atom. The van der Waals surface area contributed by atoms with E-state index in [1.807, 2.05) is 0 Å². The number of carboxylic acid groups (broad SMARTS) is 1. The molecule has 0 amide bonds. The maximum absolute atomic E-state index is 10.5. The van der Waals surface area contributed by atoms with Crippen LogP contribution in [0.4, 0.5) is 0 Å². The van der Waals surface area contributed by atoms with E-state index in [0.717, 1.165) is 12.8 Å². The third kappa shape index (κ3) is 53.5. The van der Waals surface area contributed by atoms with Gasteiger partial charge in [0.2, 0.25) is 0 Å². The van der Waals surface area contributed by atoms with E-state index < -0.39 is 5.97 Å². The Bertz CT molecular complexity index is 688. The molecule has 0 atom stereocenters. The lowest BCUT2D eigenvalue weighted by Gasteiger charge is -2.05. The summed E-state index contributed by atoms with van der Waals surface area (Å²) in [7, 11) is 0. The van der Waals surface area contributed by atoms with Gasteiger partial charge in [-0.3, -0.25) is 4.79 Å². The standard InChI is InChI=1S/C54H108O2/c1-2-3-4-5-6-7-8-9-10-11-12-13-14-15-16-17-18-19-20-21-22-23-24-25-26-27-28-29-30-31-32-33-34-35-36-37-38-39-40-41-42-43-44-45-46-47-48-49-50-51-52-53-54(55)56/h2-53H2,1H3,(H,55,56). The summed E-state index contributed by atoms with van der Waals surface area (Å²) >= 11 is 0. The van der Waals surface area contributed by atoms with E-state index in [2.05, 4.69) is 6.92 Å². The molecule has 0 unspecified atom stereocenters. The Hall–Kier alpha value is -0.530. The molecule has 0 fully saturated rings. The van der Waals surface area contributed by atoms with Crippen LogP contribution >= 0.6 is 0 Å². The highest BCUT2D eigenvalue weighted by Crippen LogP contribution is 2.19.